The molecule has 2 aromatic heterocycles. The zero-order chi connectivity index (χ0) is 20.7. The number of hydrogen-bond donors (Lipinski definition) is 0. The molecule has 0 radical (unpaired) electrons. The first-order valence-electron chi connectivity index (χ1n) is 10.1. The predicted molar refractivity (Wildman–Crippen MR) is 107 cm³/mol. The van der Waals surface area contributed by atoms with Crippen LogP contribution in [0, 0.1) is 5.92 Å². The number of Topliss-reactive ketones (excluding diaryl/α,β-unsaturated/α-hetero) is 1. The topological polar surface area (TPSA) is 90.5 Å². The number of ketones is 1. The third-order valence-electron chi connectivity index (χ3n) is 5.92. The second kappa shape index (κ2) is 7.44. The SMILES string of the molecule is Cn1cc(-c2cc(C(=O)N3CCC([C@H]4CC(=O)c5ccccc5O4)CC3)no2)cn1. The molecule has 0 bridgehead atoms. The van der Waals surface area contributed by atoms with Gasteiger partial charge in [-0.15, -0.1) is 0 Å². The number of para-hydroxylation sites is 1. The molecule has 8 nitrogen and oxygen atoms in total. The van der Waals surface area contributed by atoms with Crippen LogP contribution in [0.5, 0.6) is 5.75 Å². The number of likely N-dealkylation sites (tertiary alicyclic amines) is 1. The minimum atomic E-state index is -0.140. The molecule has 30 heavy (non-hydrogen) atoms. The number of benzene rings is 1. The normalized spacial score (nSPS) is 19.4. The Bertz CT molecular complexity index is 1090. The number of carbonyl (C=O) groups is 2. The van der Waals surface area contributed by atoms with Crippen molar-refractivity contribution in [2.24, 2.45) is 13.0 Å². The first-order chi connectivity index (χ1) is 14.6. The van der Waals surface area contributed by atoms with Crippen LogP contribution in [0.4, 0.5) is 0 Å². The minimum Gasteiger partial charge on any atom is -0.489 e. The van der Waals surface area contributed by atoms with E-state index in [1.54, 1.807) is 21.8 Å². The third kappa shape index (κ3) is 3.38. The quantitative estimate of drug-likeness (QED) is 0.664. The Morgan fingerprint density at radius 1 is 1.20 bits per heavy atom. The molecule has 2 aliphatic rings. The van der Waals surface area contributed by atoms with Crippen LogP contribution in [0.3, 0.4) is 0 Å². The molecule has 1 saturated heterocycles. The molecule has 5 rings (SSSR count). The summed E-state index contributed by atoms with van der Waals surface area (Å²) < 4.78 is 13.1. The maximum atomic E-state index is 12.8. The molecule has 154 valence electrons. The number of nitrogens with zero attached hydrogens (tertiary/aromatic N) is 4. The van der Waals surface area contributed by atoms with E-state index in [2.05, 4.69) is 10.3 Å². The molecule has 0 saturated carbocycles. The Kier molecular flexibility index (Phi) is 4.61. The number of rotatable bonds is 3. The summed E-state index contributed by atoms with van der Waals surface area (Å²) in [5.74, 6) is 1.43. The van der Waals surface area contributed by atoms with Crippen molar-refractivity contribution in [2.75, 3.05) is 13.1 Å². The van der Waals surface area contributed by atoms with E-state index in [0.29, 0.717) is 42.3 Å². The Morgan fingerprint density at radius 2 is 2.00 bits per heavy atom. The van der Waals surface area contributed by atoms with Gasteiger partial charge in [0.15, 0.2) is 17.2 Å². The van der Waals surface area contributed by atoms with Gasteiger partial charge in [-0.25, -0.2) is 0 Å². The van der Waals surface area contributed by atoms with Crippen LogP contribution in [0.25, 0.3) is 11.3 Å². The van der Waals surface area contributed by atoms with E-state index < -0.39 is 0 Å². The fourth-order valence-electron chi connectivity index (χ4n) is 4.26. The van der Waals surface area contributed by atoms with Crippen molar-refractivity contribution in [3.05, 3.63) is 54.0 Å². The van der Waals surface area contributed by atoms with Crippen LogP contribution >= 0.6 is 0 Å². The number of aromatic nitrogens is 3. The molecule has 8 heteroatoms. The van der Waals surface area contributed by atoms with Gasteiger partial charge in [-0.3, -0.25) is 14.3 Å². The molecule has 2 aliphatic heterocycles. The maximum Gasteiger partial charge on any atom is 0.276 e. The second-order valence-electron chi connectivity index (χ2n) is 7.89. The Labute approximate surface area is 173 Å². The summed E-state index contributed by atoms with van der Waals surface area (Å²) in [6.07, 6.45) is 5.33. The summed E-state index contributed by atoms with van der Waals surface area (Å²) in [5.41, 5.74) is 1.74. The van der Waals surface area contributed by atoms with Crippen molar-refractivity contribution in [2.45, 2.75) is 25.4 Å². The molecule has 0 spiro atoms. The highest BCUT2D eigenvalue weighted by molar-refractivity contribution is 5.99. The first-order valence-corrected chi connectivity index (χ1v) is 10.1. The summed E-state index contributed by atoms with van der Waals surface area (Å²) >= 11 is 0. The molecule has 3 aromatic rings. The molecule has 4 heterocycles. The van der Waals surface area contributed by atoms with E-state index in [9.17, 15) is 9.59 Å². The van der Waals surface area contributed by atoms with Gasteiger partial charge in [0, 0.05) is 38.8 Å². The minimum absolute atomic E-state index is 0.130. The Balaban J connectivity index is 1.22. The number of amides is 1. The molecule has 1 atom stereocenters. The largest absolute Gasteiger partial charge is 0.489 e. The molecule has 0 unspecified atom stereocenters. The average Bonchev–Trinajstić information content (AvgIpc) is 3.42. The van der Waals surface area contributed by atoms with Crippen LogP contribution in [0.1, 0.15) is 40.1 Å². The van der Waals surface area contributed by atoms with Crippen molar-refractivity contribution in [3.63, 3.8) is 0 Å². The van der Waals surface area contributed by atoms with E-state index >= 15 is 0 Å². The van der Waals surface area contributed by atoms with E-state index in [0.717, 1.165) is 18.4 Å². The highest BCUT2D eigenvalue weighted by Gasteiger charge is 2.35. The van der Waals surface area contributed by atoms with Crippen molar-refractivity contribution in [1.82, 2.24) is 19.8 Å². The van der Waals surface area contributed by atoms with E-state index in [-0.39, 0.29) is 23.7 Å². The van der Waals surface area contributed by atoms with Gasteiger partial charge in [0.05, 0.1) is 17.3 Å². The molecule has 1 amide bonds. The van der Waals surface area contributed by atoms with Crippen LogP contribution < -0.4 is 4.74 Å². The lowest BCUT2D eigenvalue weighted by molar-refractivity contribution is 0.0447. The monoisotopic (exact) mass is 406 g/mol. The van der Waals surface area contributed by atoms with Gasteiger partial charge in [-0.2, -0.15) is 5.10 Å². The smallest absolute Gasteiger partial charge is 0.276 e. The van der Waals surface area contributed by atoms with Gasteiger partial charge in [-0.1, -0.05) is 17.3 Å². The average molecular weight is 406 g/mol. The number of ether oxygens (including phenoxy) is 1. The molecule has 0 aliphatic carbocycles. The fraction of sp³-hybridized carbons (Fsp3) is 0.364. The number of fused-ring (bicyclic) bond motifs is 1. The lowest BCUT2D eigenvalue weighted by Crippen LogP contribution is -2.44. The Hall–Kier alpha value is -3.42. The summed E-state index contributed by atoms with van der Waals surface area (Å²) in [6, 6.07) is 9.06. The number of carbonyl (C=O) groups excluding carboxylic acids is 2. The van der Waals surface area contributed by atoms with E-state index in [4.69, 9.17) is 9.26 Å². The van der Waals surface area contributed by atoms with Gasteiger partial charge >= 0.3 is 0 Å². The van der Waals surface area contributed by atoms with Crippen LogP contribution in [-0.2, 0) is 7.05 Å². The fourth-order valence-corrected chi connectivity index (χ4v) is 4.26. The van der Waals surface area contributed by atoms with Crippen LogP contribution in [-0.4, -0.2) is 50.7 Å². The molecule has 1 fully saturated rings. The van der Waals surface area contributed by atoms with Gasteiger partial charge in [0.25, 0.3) is 5.91 Å². The molecular formula is C22H22N4O4. The van der Waals surface area contributed by atoms with Gasteiger partial charge in [-0.05, 0) is 30.9 Å². The lowest BCUT2D eigenvalue weighted by atomic mass is 9.86. The summed E-state index contributed by atoms with van der Waals surface area (Å²) in [6.45, 7) is 1.21. The number of hydrogen-bond acceptors (Lipinski definition) is 6. The predicted octanol–water partition coefficient (Wildman–Crippen LogP) is 2.96. The van der Waals surface area contributed by atoms with E-state index in [1.807, 2.05) is 37.5 Å². The first kappa shape index (κ1) is 18.6. The third-order valence-corrected chi connectivity index (χ3v) is 5.92. The van der Waals surface area contributed by atoms with Gasteiger partial charge in [0.1, 0.15) is 11.9 Å². The standard InChI is InChI=1S/C22H22N4O4/c1-25-13-15(12-23-25)21-10-17(24-30-21)22(28)26-8-6-14(7-9-26)20-11-18(27)16-4-2-3-5-19(16)29-20/h2-5,10,12-14,20H,6-9,11H2,1H3/t20-/m1/s1. The lowest BCUT2D eigenvalue weighted by Gasteiger charge is -2.37. The van der Waals surface area contributed by atoms with Gasteiger partial charge < -0.3 is 14.2 Å². The van der Waals surface area contributed by atoms with Crippen LogP contribution in [0.2, 0.25) is 0 Å². The van der Waals surface area contributed by atoms with Crippen molar-refractivity contribution < 1.29 is 18.8 Å². The molecular weight excluding hydrogens is 384 g/mol. The number of aryl methyl sites for hydroxylation is 1. The van der Waals surface area contributed by atoms with E-state index in [1.165, 1.54) is 0 Å². The van der Waals surface area contributed by atoms with Crippen LogP contribution in [0.15, 0.2) is 47.2 Å². The highest BCUT2D eigenvalue weighted by atomic mass is 16.5. The zero-order valence-corrected chi connectivity index (χ0v) is 16.7. The maximum absolute atomic E-state index is 12.8. The summed E-state index contributed by atoms with van der Waals surface area (Å²) in [7, 11) is 1.82. The number of piperidine rings is 1. The van der Waals surface area contributed by atoms with Crippen molar-refractivity contribution in [3.8, 4) is 17.1 Å². The highest BCUT2D eigenvalue weighted by Crippen LogP contribution is 2.34. The zero-order valence-electron chi connectivity index (χ0n) is 16.7. The molecule has 0 N–H and O–H groups in total. The Morgan fingerprint density at radius 3 is 2.77 bits per heavy atom. The van der Waals surface area contributed by atoms with Gasteiger partial charge in [0.2, 0.25) is 0 Å². The van der Waals surface area contributed by atoms with Crippen molar-refractivity contribution in [1.29, 1.82) is 0 Å². The van der Waals surface area contributed by atoms with Crippen molar-refractivity contribution >= 4 is 11.7 Å². The summed E-state index contributed by atoms with van der Waals surface area (Å²) in [4.78, 5) is 27.1. The second-order valence-corrected chi connectivity index (χ2v) is 7.89. The molecule has 1 aromatic carbocycles. The summed E-state index contributed by atoms with van der Waals surface area (Å²) in [5, 5.41) is 8.06.